The van der Waals surface area contributed by atoms with E-state index >= 15 is 0 Å². The molecule has 0 saturated carbocycles. The number of hydrogen-bond donors (Lipinski definition) is 1. The van der Waals surface area contributed by atoms with Gasteiger partial charge in [0.1, 0.15) is 18.2 Å². The van der Waals surface area contributed by atoms with Crippen LogP contribution in [0.3, 0.4) is 0 Å². The van der Waals surface area contributed by atoms with Crippen molar-refractivity contribution < 1.29 is 14.3 Å². The lowest BCUT2D eigenvalue weighted by Crippen LogP contribution is -2.28. The van der Waals surface area contributed by atoms with Crippen LogP contribution in [0.2, 0.25) is 0 Å². The summed E-state index contributed by atoms with van der Waals surface area (Å²) >= 11 is 3.21. The summed E-state index contributed by atoms with van der Waals surface area (Å²) in [5.41, 5.74) is 2.89. The van der Waals surface area contributed by atoms with Crippen molar-refractivity contribution in [3.8, 4) is 22.1 Å². The van der Waals surface area contributed by atoms with Crippen molar-refractivity contribution in [1.29, 1.82) is 0 Å². The van der Waals surface area contributed by atoms with Crippen LogP contribution in [-0.2, 0) is 11.2 Å². The van der Waals surface area contributed by atoms with Crippen LogP contribution in [0.25, 0.3) is 10.6 Å². The summed E-state index contributed by atoms with van der Waals surface area (Å²) < 4.78 is 11.1. The molecule has 5 nitrogen and oxygen atoms in total. The topological polar surface area (TPSA) is 60.5 Å². The summed E-state index contributed by atoms with van der Waals surface area (Å²) in [6.07, 6.45) is 0.273. The van der Waals surface area contributed by atoms with E-state index in [-0.39, 0.29) is 18.4 Å². The normalized spacial score (nSPS) is 14.0. The van der Waals surface area contributed by atoms with E-state index in [2.05, 4.69) is 15.7 Å². The average Bonchev–Trinajstić information content (AvgIpc) is 3.32. The highest BCUT2D eigenvalue weighted by Gasteiger charge is 2.16. The molecule has 0 fully saturated rings. The maximum atomic E-state index is 12.4. The molecule has 1 unspecified atom stereocenters. The highest BCUT2D eigenvalue weighted by Crippen LogP contribution is 2.32. The molecule has 1 aromatic carbocycles. The highest BCUT2D eigenvalue weighted by atomic mass is 32.1. The quantitative estimate of drug-likeness (QED) is 0.718. The zero-order valence-electron chi connectivity index (χ0n) is 14.2. The number of nitrogens with zero attached hydrogens (tertiary/aromatic N) is 1. The number of carbonyl (C=O) groups excluding carboxylic acids is 1. The lowest BCUT2D eigenvalue weighted by Gasteiger charge is -2.21. The molecule has 3 aromatic rings. The second-order valence-electron chi connectivity index (χ2n) is 6.03. The van der Waals surface area contributed by atoms with Gasteiger partial charge < -0.3 is 14.8 Å². The summed E-state index contributed by atoms with van der Waals surface area (Å²) in [7, 11) is 0. The van der Waals surface area contributed by atoms with Crippen molar-refractivity contribution in [2.24, 2.45) is 0 Å². The highest BCUT2D eigenvalue weighted by molar-refractivity contribution is 7.14. The molecule has 4 rings (SSSR count). The maximum Gasteiger partial charge on any atom is 0.226 e. The van der Waals surface area contributed by atoms with Crippen LogP contribution in [0.15, 0.2) is 40.4 Å². The van der Waals surface area contributed by atoms with Crippen LogP contribution in [0.5, 0.6) is 11.5 Å². The first kappa shape index (κ1) is 17.1. The van der Waals surface area contributed by atoms with Gasteiger partial charge in [0.15, 0.2) is 11.5 Å². The molecule has 1 atom stereocenters. The van der Waals surface area contributed by atoms with E-state index in [1.54, 1.807) is 22.7 Å². The number of fused-ring (bicyclic) bond motifs is 1. The summed E-state index contributed by atoms with van der Waals surface area (Å²) in [5, 5.41) is 10.0. The molecule has 1 amide bonds. The van der Waals surface area contributed by atoms with E-state index < -0.39 is 0 Å². The number of hydrogen-bond acceptors (Lipinski definition) is 6. The number of carbonyl (C=O) groups is 1. The van der Waals surface area contributed by atoms with Gasteiger partial charge in [0.2, 0.25) is 5.91 Å². The largest absolute Gasteiger partial charge is 0.486 e. The van der Waals surface area contributed by atoms with Crippen molar-refractivity contribution >= 4 is 28.6 Å². The lowest BCUT2D eigenvalue weighted by molar-refractivity contribution is -0.121. The second-order valence-corrected chi connectivity index (χ2v) is 7.66. The van der Waals surface area contributed by atoms with Gasteiger partial charge in [-0.2, -0.15) is 11.3 Å². The van der Waals surface area contributed by atoms with Gasteiger partial charge in [0, 0.05) is 16.3 Å². The van der Waals surface area contributed by atoms with Crippen molar-refractivity contribution in [2.45, 2.75) is 19.4 Å². The number of nitrogens with one attached hydrogen (secondary N) is 1. The Kier molecular flexibility index (Phi) is 4.90. The number of rotatable bonds is 5. The Hall–Kier alpha value is -2.38. The number of ether oxygens (including phenoxy) is 2. The van der Waals surface area contributed by atoms with Crippen LogP contribution >= 0.6 is 22.7 Å². The van der Waals surface area contributed by atoms with Gasteiger partial charge >= 0.3 is 0 Å². The van der Waals surface area contributed by atoms with Gasteiger partial charge in [-0.05, 0) is 36.1 Å². The summed E-state index contributed by atoms with van der Waals surface area (Å²) in [4.78, 5) is 16.9. The second kappa shape index (κ2) is 7.47. The standard InChI is InChI=1S/C19H18N2O3S2/c1-12(13-2-3-16-17(8-13)24-6-5-23-16)20-18(22)9-15-11-26-19(21-15)14-4-7-25-10-14/h2-4,7-8,10-12H,5-6,9H2,1H3,(H,20,22). The molecule has 0 aliphatic carbocycles. The first-order chi connectivity index (χ1) is 12.7. The number of benzene rings is 1. The van der Waals surface area contributed by atoms with Crippen molar-refractivity contribution in [3.63, 3.8) is 0 Å². The fourth-order valence-corrected chi connectivity index (χ4v) is 4.31. The van der Waals surface area contributed by atoms with E-state index in [1.165, 1.54) is 0 Å². The van der Waals surface area contributed by atoms with E-state index in [9.17, 15) is 4.79 Å². The lowest BCUT2D eigenvalue weighted by atomic mass is 10.1. The number of thiazole rings is 1. The van der Waals surface area contributed by atoms with Gasteiger partial charge in [0.05, 0.1) is 18.2 Å². The Morgan fingerprint density at radius 2 is 2.08 bits per heavy atom. The van der Waals surface area contributed by atoms with Crippen LogP contribution in [0.1, 0.15) is 24.2 Å². The SMILES string of the molecule is CC(NC(=O)Cc1csc(-c2ccsc2)n1)c1ccc2c(c1)OCCO2. The summed E-state index contributed by atoms with van der Waals surface area (Å²) in [5.74, 6) is 1.44. The van der Waals surface area contributed by atoms with Crippen LogP contribution in [0, 0.1) is 0 Å². The third kappa shape index (κ3) is 3.73. The minimum Gasteiger partial charge on any atom is -0.486 e. The molecule has 7 heteroatoms. The van der Waals surface area contributed by atoms with Gasteiger partial charge in [-0.15, -0.1) is 11.3 Å². The van der Waals surface area contributed by atoms with Crippen LogP contribution in [0.4, 0.5) is 0 Å². The molecule has 134 valence electrons. The fraction of sp³-hybridized carbons (Fsp3) is 0.263. The number of aromatic nitrogens is 1. The predicted octanol–water partition coefficient (Wildman–Crippen LogP) is 4.06. The molecule has 0 bridgehead atoms. The van der Waals surface area contributed by atoms with Gasteiger partial charge in [0.25, 0.3) is 0 Å². The van der Waals surface area contributed by atoms with Crippen LogP contribution in [-0.4, -0.2) is 24.1 Å². The smallest absolute Gasteiger partial charge is 0.226 e. The Morgan fingerprint density at radius 1 is 1.23 bits per heavy atom. The minimum atomic E-state index is -0.117. The minimum absolute atomic E-state index is 0.0467. The molecule has 26 heavy (non-hydrogen) atoms. The van der Waals surface area contributed by atoms with E-state index in [1.807, 2.05) is 41.9 Å². The Bertz CT molecular complexity index is 905. The van der Waals surface area contributed by atoms with Gasteiger partial charge in [-0.25, -0.2) is 4.98 Å². The molecule has 1 aliphatic heterocycles. The average molecular weight is 386 g/mol. The first-order valence-electron chi connectivity index (χ1n) is 8.35. The third-order valence-corrected chi connectivity index (χ3v) is 5.73. The molecule has 3 heterocycles. The molecule has 0 radical (unpaired) electrons. The van der Waals surface area contributed by atoms with Crippen LogP contribution < -0.4 is 14.8 Å². The Balaban J connectivity index is 1.38. The summed E-state index contributed by atoms with van der Waals surface area (Å²) in [6, 6.07) is 7.69. The molecular weight excluding hydrogens is 368 g/mol. The fourth-order valence-electron chi connectivity index (χ4n) is 2.78. The predicted molar refractivity (Wildman–Crippen MR) is 103 cm³/mol. The zero-order valence-corrected chi connectivity index (χ0v) is 15.9. The molecule has 1 aliphatic rings. The van der Waals surface area contributed by atoms with Crippen molar-refractivity contribution in [1.82, 2.24) is 10.3 Å². The van der Waals surface area contributed by atoms with Crippen molar-refractivity contribution in [2.75, 3.05) is 13.2 Å². The number of amides is 1. The van der Waals surface area contributed by atoms with E-state index in [0.717, 1.165) is 33.3 Å². The van der Waals surface area contributed by atoms with E-state index in [0.29, 0.717) is 13.2 Å². The molecule has 1 N–H and O–H groups in total. The summed E-state index contributed by atoms with van der Waals surface area (Å²) in [6.45, 7) is 3.08. The maximum absolute atomic E-state index is 12.4. The molecule has 0 spiro atoms. The molecular formula is C19H18N2O3S2. The van der Waals surface area contributed by atoms with Crippen molar-refractivity contribution in [3.05, 3.63) is 51.7 Å². The molecule has 0 saturated heterocycles. The zero-order chi connectivity index (χ0) is 17.9. The van der Waals surface area contributed by atoms with Gasteiger partial charge in [-0.1, -0.05) is 6.07 Å². The first-order valence-corrected chi connectivity index (χ1v) is 10.2. The monoisotopic (exact) mass is 386 g/mol. The third-order valence-electron chi connectivity index (χ3n) is 4.11. The Labute approximate surface area is 159 Å². The molecule has 2 aromatic heterocycles. The van der Waals surface area contributed by atoms with Gasteiger partial charge in [-0.3, -0.25) is 4.79 Å². The van der Waals surface area contributed by atoms with E-state index in [4.69, 9.17) is 9.47 Å². The Morgan fingerprint density at radius 3 is 2.88 bits per heavy atom. The number of thiophene rings is 1.